The molecular weight excluding hydrogens is 411 g/mol. The lowest BCUT2D eigenvalue weighted by molar-refractivity contribution is 0.0943. The third kappa shape index (κ3) is 3.30. The predicted molar refractivity (Wildman–Crippen MR) is 89.3 cm³/mol. The van der Waals surface area contributed by atoms with Crippen LogP contribution in [0.2, 0.25) is 5.02 Å². The van der Waals surface area contributed by atoms with Crippen molar-refractivity contribution in [3.63, 3.8) is 0 Å². The highest BCUT2D eigenvalue weighted by atomic mass is 79.9. The molecule has 1 aromatic carbocycles. The fourth-order valence-electron chi connectivity index (χ4n) is 1.67. The molecule has 0 unspecified atom stereocenters. The smallest absolute Gasteiger partial charge is 0.175 e. The van der Waals surface area contributed by atoms with Gasteiger partial charge in [-0.2, -0.15) is 0 Å². The summed E-state index contributed by atoms with van der Waals surface area (Å²) in [5.41, 5.74) is 1.03. The van der Waals surface area contributed by atoms with E-state index in [2.05, 4.69) is 31.9 Å². The van der Waals surface area contributed by atoms with Crippen molar-refractivity contribution in [3.05, 3.63) is 43.1 Å². The van der Waals surface area contributed by atoms with E-state index in [1.165, 1.54) is 11.3 Å². The van der Waals surface area contributed by atoms with Gasteiger partial charge in [0, 0.05) is 30.3 Å². The molecule has 1 aromatic heterocycles. The zero-order valence-corrected chi connectivity index (χ0v) is 15.1. The van der Waals surface area contributed by atoms with Gasteiger partial charge in [0.1, 0.15) is 0 Å². The van der Waals surface area contributed by atoms with Crippen molar-refractivity contribution >= 4 is 60.6 Å². The summed E-state index contributed by atoms with van der Waals surface area (Å²) in [6.07, 6.45) is 0. The number of carbonyl (C=O) groups excluding carboxylic acids is 1. The molecule has 5 heteroatoms. The zero-order chi connectivity index (χ0) is 14.2. The summed E-state index contributed by atoms with van der Waals surface area (Å²) in [5.74, 6) is 0.195. The topological polar surface area (TPSA) is 17.1 Å². The standard InChI is InChI=1S/C14H11Br2ClOS/c1-7(2)14(18)12-4-3-11(19-12)13-9(15)5-8(17)6-10(13)16/h3-7H,1-2H3. The summed E-state index contributed by atoms with van der Waals surface area (Å²) in [6, 6.07) is 7.56. The second-order valence-corrected chi connectivity index (χ2v) is 7.66. The van der Waals surface area contributed by atoms with Crippen LogP contribution in [-0.4, -0.2) is 5.78 Å². The fraction of sp³-hybridized carbons (Fsp3) is 0.214. The first-order valence-electron chi connectivity index (χ1n) is 5.69. The molecule has 0 spiro atoms. The number of rotatable bonds is 3. The van der Waals surface area contributed by atoms with Crippen molar-refractivity contribution in [2.24, 2.45) is 5.92 Å². The van der Waals surface area contributed by atoms with Gasteiger partial charge < -0.3 is 0 Å². The van der Waals surface area contributed by atoms with Crippen LogP contribution in [0, 0.1) is 5.92 Å². The Bertz CT molecular complexity index is 611. The highest BCUT2D eigenvalue weighted by Crippen LogP contribution is 2.40. The second-order valence-electron chi connectivity index (χ2n) is 4.43. The summed E-state index contributed by atoms with van der Waals surface area (Å²) in [4.78, 5) is 13.8. The van der Waals surface area contributed by atoms with Gasteiger partial charge in [-0.1, -0.05) is 57.3 Å². The zero-order valence-electron chi connectivity index (χ0n) is 10.3. The minimum atomic E-state index is 0.0172. The molecule has 0 saturated heterocycles. The van der Waals surface area contributed by atoms with E-state index in [9.17, 15) is 4.79 Å². The fourth-order valence-corrected chi connectivity index (χ4v) is 5.19. The third-order valence-electron chi connectivity index (χ3n) is 2.63. The first kappa shape index (κ1) is 15.2. The Morgan fingerprint density at radius 1 is 1.21 bits per heavy atom. The van der Waals surface area contributed by atoms with Crippen molar-refractivity contribution in [1.82, 2.24) is 0 Å². The van der Waals surface area contributed by atoms with E-state index in [4.69, 9.17) is 11.6 Å². The molecule has 0 N–H and O–H groups in total. The average Bonchev–Trinajstić information content (AvgIpc) is 2.75. The Hall–Kier alpha value is -0.160. The molecule has 1 nitrogen and oxygen atoms in total. The minimum Gasteiger partial charge on any atom is -0.293 e. The molecule has 2 aromatic rings. The molecule has 0 bridgehead atoms. The molecule has 0 saturated carbocycles. The molecule has 0 fully saturated rings. The van der Waals surface area contributed by atoms with Crippen LogP contribution in [0.15, 0.2) is 33.2 Å². The second kappa shape index (κ2) is 6.08. The van der Waals surface area contributed by atoms with E-state index in [0.717, 1.165) is 24.3 Å². The largest absolute Gasteiger partial charge is 0.293 e. The average molecular weight is 423 g/mol. The maximum atomic E-state index is 12.0. The molecule has 1 heterocycles. The predicted octanol–water partition coefficient (Wildman–Crippen LogP) is 6.43. The Morgan fingerprint density at radius 2 is 1.79 bits per heavy atom. The highest BCUT2D eigenvalue weighted by Gasteiger charge is 2.16. The number of hydrogen-bond acceptors (Lipinski definition) is 2. The van der Waals surface area contributed by atoms with E-state index in [-0.39, 0.29) is 11.7 Å². The number of Topliss-reactive ketones (excluding diaryl/α,β-unsaturated/α-hetero) is 1. The summed E-state index contributed by atoms with van der Waals surface area (Å²) in [7, 11) is 0. The first-order chi connectivity index (χ1) is 8.90. The van der Waals surface area contributed by atoms with Crippen LogP contribution in [0.3, 0.4) is 0 Å². The Morgan fingerprint density at radius 3 is 2.32 bits per heavy atom. The van der Waals surface area contributed by atoms with E-state index in [0.29, 0.717) is 5.02 Å². The van der Waals surface area contributed by atoms with Crippen LogP contribution < -0.4 is 0 Å². The maximum absolute atomic E-state index is 12.0. The van der Waals surface area contributed by atoms with Gasteiger partial charge in [0.2, 0.25) is 0 Å². The molecule has 0 aliphatic heterocycles. The van der Waals surface area contributed by atoms with Gasteiger partial charge in [-0.25, -0.2) is 0 Å². The summed E-state index contributed by atoms with van der Waals surface area (Å²) < 4.78 is 1.83. The SMILES string of the molecule is CC(C)C(=O)c1ccc(-c2c(Br)cc(Cl)cc2Br)s1. The van der Waals surface area contributed by atoms with Crippen molar-refractivity contribution in [1.29, 1.82) is 0 Å². The van der Waals surface area contributed by atoms with Crippen LogP contribution in [0.4, 0.5) is 0 Å². The maximum Gasteiger partial charge on any atom is 0.175 e. The highest BCUT2D eigenvalue weighted by molar-refractivity contribution is 9.11. The van der Waals surface area contributed by atoms with Crippen molar-refractivity contribution in [2.45, 2.75) is 13.8 Å². The molecule has 19 heavy (non-hydrogen) atoms. The van der Waals surface area contributed by atoms with Crippen LogP contribution >= 0.6 is 54.8 Å². The number of carbonyl (C=O) groups is 1. The van der Waals surface area contributed by atoms with Gasteiger partial charge in [-0.05, 0) is 24.3 Å². The van der Waals surface area contributed by atoms with Crippen LogP contribution in [0.1, 0.15) is 23.5 Å². The van der Waals surface area contributed by atoms with Gasteiger partial charge in [0.05, 0.1) is 4.88 Å². The summed E-state index contributed by atoms with van der Waals surface area (Å²) in [6.45, 7) is 3.83. The van der Waals surface area contributed by atoms with E-state index >= 15 is 0 Å². The lowest BCUT2D eigenvalue weighted by Crippen LogP contribution is -2.04. The third-order valence-corrected chi connectivity index (χ3v) is 5.21. The Kier molecular flexibility index (Phi) is 4.88. The molecule has 2 rings (SSSR count). The van der Waals surface area contributed by atoms with Crippen molar-refractivity contribution < 1.29 is 4.79 Å². The molecule has 0 radical (unpaired) electrons. The molecular formula is C14H11Br2ClOS. The Balaban J connectivity index is 2.47. The summed E-state index contributed by atoms with van der Waals surface area (Å²) in [5, 5.41) is 0.664. The van der Waals surface area contributed by atoms with Gasteiger partial charge in [-0.3, -0.25) is 4.79 Å². The quantitative estimate of drug-likeness (QED) is 0.521. The number of thiophene rings is 1. The van der Waals surface area contributed by atoms with Crippen molar-refractivity contribution in [3.8, 4) is 10.4 Å². The van der Waals surface area contributed by atoms with E-state index in [1.54, 1.807) is 0 Å². The lowest BCUT2D eigenvalue weighted by Gasteiger charge is -2.06. The van der Waals surface area contributed by atoms with Crippen LogP contribution in [-0.2, 0) is 0 Å². The minimum absolute atomic E-state index is 0.0172. The van der Waals surface area contributed by atoms with Crippen LogP contribution in [0.5, 0.6) is 0 Å². The first-order valence-corrected chi connectivity index (χ1v) is 8.47. The summed E-state index contributed by atoms with van der Waals surface area (Å²) >= 11 is 14.5. The molecule has 0 atom stereocenters. The molecule has 0 aliphatic rings. The molecule has 100 valence electrons. The molecule has 0 aliphatic carbocycles. The lowest BCUT2D eigenvalue weighted by atomic mass is 10.1. The van der Waals surface area contributed by atoms with Gasteiger partial charge >= 0.3 is 0 Å². The normalized spacial score (nSPS) is 11.1. The van der Waals surface area contributed by atoms with Gasteiger partial charge in [-0.15, -0.1) is 11.3 Å². The van der Waals surface area contributed by atoms with Gasteiger partial charge in [0.25, 0.3) is 0 Å². The number of benzene rings is 1. The number of hydrogen-bond donors (Lipinski definition) is 0. The molecule has 0 amide bonds. The van der Waals surface area contributed by atoms with E-state index < -0.39 is 0 Å². The Labute approximate surface area is 138 Å². The van der Waals surface area contributed by atoms with Crippen molar-refractivity contribution in [2.75, 3.05) is 0 Å². The van der Waals surface area contributed by atoms with Crippen LogP contribution in [0.25, 0.3) is 10.4 Å². The number of ketones is 1. The monoisotopic (exact) mass is 420 g/mol. The van der Waals surface area contributed by atoms with E-state index in [1.807, 2.05) is 38.1 Å². The van der Waals surface area contributed by atoms with Gasteiger partial charge in [0.15, 0.2) is 5.78 Å². The number of halogens is 3.